The van der Waals surface area contributed by atoms with Crippen LogP contribution in [-0.2, 0) is 33.8 Å². The molecule has 26 heteroatoms. The molecule has 0 saturated carbocycles. The van der Waals surface area contributed by atoms with Crippen molar-refractivity contribution in [2.24, 2.45) is 0 Å². The highest BCUT2D eigenvalue weighted by Crippen LogP contribution is 2.60. The van der Waals surface area contributed by atoms with E-state index in [1.54, 1.807) is 26.0 Å². The molecule has 4 unspecified atom stereocenters. The Hall–Kier alpha value is -4.13. The van der Waals surface area contributed by atoms with Crippen LogP contribution < -0.4 is 17.0 Å². The van der Waals surface area contributed by atoms with Gasteiger partial charge >= 0.3 is 21.3 Å². The van der Waals surface area contributed by atoms with Gasteiger partial charge in [-0.2, -0.15) is 9.29 Å². The number of imidazole rings is 1. The van der Waals surface area contributed by atoms with Crippen molar-refractivity contribution < 1.29 is 62.5 Å². The summed E-state index contributed by atoms with van der Waals surface area (Å²) in [5.41, 5.74) is 6.11. The molecule has 1 aromatic carbocycles. The molecule has 6 rings (SSSR count). The molecule has 0 bridgehead atoms. The molecule has 9 atom stereocenters. The molecule has 10 N–H and O–H groups in total. The number of fused-ring (bicyclic) bond motifs is 3. The first-order valence-corrected chi connectivity index (χ1v) is 18.4. The molecule has 2 aromatic heterocycles. The summed E-state index contributed by atoms with van der Waals surface area (Å²) < 4.78 is 46.6. The first kappa shape index (κ1) is 38.6. The third-order valence-electron chi connectivity index (χ3n) is 8.40. The van der Waals surface area contributed by atoms with Crippen LogP contribution >= 0.6 is 15.6 Å². The number of aliphatic hydroxyl groups is 5. The number of anilines is 1. The normalized spacial score (nSPS) is 23.3. The summed E-state index contributed by atoms with van der Waals surface area (Å²) in [5.74, 6) is -0.212. The van der Waals surface area contributed by atoms with Crippen molar-refractivity contribution in [2.45, 2.75) is 63.2 Å². The SMILES string of the molecule is Cc1cc2nc3c(=O)[nH]c(=O)nc-3n(C[C@H](O)[C@H](O)[C@H](O)COP(=O)(O)OP(=O)(O)OC[C@H]3O[C@@H](n4cnc5c(N)ncnc54)C(O)C3O)c2cc1C. The molecule has 24 nitrogen and oxygen atoms in total. The number of aromatic amines is 1. The average molecular weight is 786 g/mol. The fraction of sp³-hybridized carbons (Fsp3) is 0.444. The quantitative estimate of drug-likeness (QED) is 0.0443. The molecule has 0 spiro atoms. The molecule has 286 valence electrons. The molecule has 5 heterocycles. The maximum absolute atomic E-state index is 12.5. The van der Waals surface area contributed by atoms with Gasteiger partial charge in [-0.1, -0.05) is 0 Å². The minimum Gasteiger partial charge on any atom is -0.388 e. The third-order valence-corrected chi connectivity index (χ3v) is 11.0. The Bertz CT molecular complexity index is 2350. The van der Waals surface area contributed by atoms with E-state index < -0.39 is 89.5 Å². The second-order valence-electron chi connectivity index (χ2n) is 12.1. The van der Waals surface area contributed by atoms with Crippen LogP contribution in [0.3, 0.4) is 0 Å². The molecule has 1 fully saturated rings. The first-order valence-electron chi connectivity index (χ1n) is 15.4. The van der Waals surface area contributed by atoms with E-state index in [-0.39, 0.29) is 34.0 Å². The number of ether oxygens (including phenoxy) is 1. The second kappa shape index (κ2) is 14.6. The van der Waals surface area contributed by atoms with Crippen molar-refractivity contribution in [3.63, 3.8) is 0 Å². The molecular weight excluding hydrogens is 752 g/mol. The van der Waals surface area contributed by atoms with Crippen LogP contribution in [0.15, 0.2) is 34.4 Å². The number of nitrogen functional groups attached to an aromatic ring is 1. The zero-order chi connectivity index (χ0) is 38.6. The number of nitrogens with one attached hydrogen (secondary N) is 1. The number of hydrogen-bond donors (Lipinski definition) is 9. The second-order valence-corrected chi connectivity index (χ2v) is 15.1. The summed E-state index contributed by atoms with van der Waals surface area (Å²) in [6.45, 7) is 0.795. The summed E-state index contributed by atoms with van der Waals surface area (Å²) in [6, 6.07) is 3.29. The van der Waals surface area contributed by atoms with E-state index in [2.05, 4.69) is 33.8 Å². The van der Waals surface area contributed by atoms with Crippen LogP contribution in [0, 0.1) is 13.8 Å². The van der Waals surface area contributed by atoms with E-state index in [0.29, 0.717) is 5.52 Å². The minimum absolute atomic E-state index is 0.0293. The van der Waals surface area contributed by atoms with Crippen LogP contribution in [-0.4, -0.2) is 124 Å². The van der Waals surface area contributed by atoms with Crippen LogP contribution in [0.2, 0.25) is 0 Å². The summed E-state index contributed by atoms with van der Waals surface area (Å²) in [7, 11) is -11.0. The maximum atomic E-state index is 12.5. The van der Waals surface area contributed by atoms with Gasteiger partial charge < -0.3 is 50.4 Å². The molecule has 3 aromatic rings. The van der Waals surface area contributed by atoms with Crippen LogP contribution in [0.1, 0.15) is 17.4 Å². The van der Waals surface area contributed by atoms with Crippen LogP contribution in [0.4, 0.5) is 5.82 Å². The maximum Gasteiger partial charge on any atom is 0.481 e. The topological polar surface area (TPSA) is 363 Å². The zero-order valence-corrected chi connectivity index (χ0v) is 29.3. The predicted molar refractivity (Wildman–Crippen MR) is 177 cm³/mol. The van der Waals surface area contributed by atoms with E-state index in [1.165, 1.54) is 15.5 Å². The Morgan fingerprint density at radius 3 is 2.42 bits per heavy atom. The first-order chi connectivity index (χ1) is 24.9. The number of nitrogens with zero attached hydrogens (tertiary/aromatic N) is 7. The van der Waals surface area contributed by atoms with Gasteiger partial charge in [-0.05, 0) is 37.1 Å². The minimum atomic E-state index is -5.54. The van der Waals surface area contributed by atoms with Gasteiger partial charge in [0.15, 0.2) is 29.2 Å². The number of hydrogen-bond acceptors (Lipinski definition) is 19. The van der Waals surface area contributed by atoms with Crippen LogP contribution in [0.25, 0.3) is 33.7 Å². The zero-order valence-electron chi connectivity index (χ0n) is 27.5. The van der Waals surface area contributed by atoms with Gasteiger partial charge in [0.05, 0.1) is 37.1 Å². The van der Waals surface area contributed by atoms with Gasteiger partial charge in [-0.15, -0.1) is 0 Å². The largest absolute Gasteiger partial charge is 0.481 e. The predicted octanol–water partition coefficient (Wildman–Crippen LogP) is -2.42. The van der Waals surface area contributed by atoms with E-state index in [1.807, 2.05) is 4.98 Å². The molecular formula is C27H33N9O15P2. The lowest BCUT2D eigenvalue weighted by Gasteiger charge is -2.26. The van der Waals surface area contributed by atoms with E-state index in [0.717, 1.165) is 17.5 Å². The van der Waals surface area contributed by atoms with Gasteiger partial charge in [0.25, 0.3) is 5.56 Å². The van der Waals surface area contributed by atoms with E-state index >= 15 is 0 Å². The summed E-state index contributed by atoms with van der Waals surface area (Å²) >= 11 is 0. The number of rotatable bonds is 13. The Morgan fingerprint density at radius 1 is 0.981 bits per heavy atom. The van der Waals surface area contributed by atoms with Gasteiger partial charge in [-0.3, -0.25) is 23.4 Å². The van der Waals surface area contributed by atoms with Gasteiger partial charge in [-0.25, -0.2) is 33.9 Å². The Morgan fingerprint density at radius 2 is 1.68 bits per heavy atom. The molecule has 3 aliphatic heterocycles. The van der Waals surface area contributed by atoms with E-state index in [4.69, 9.17) is 15.0 Å². The van der Waals surface area contributed by atoms with Gasteiger partial charge in [0, 0.05) is 0 Å². The fourth-order valence-corrected chi connectivity index (χ4v) is 7.65. The number of aromatic nitrogens is 8. The molecule has 0 aliphatic carbocycles. The Labute approximate surface area is 295 Å². The lowest BCUT2D eigenvalue weighted by Crippen LogP contribution is -2.42. The highest BCUT2D eigenvalue weighted by molar-refractivity contribution is 7.61. The van der Waals surface area contributed by atoms with Crippen molar-refractivity contribution in [1.82, 2.24) is 39.0 Å². The summed E-state index contributed by atoms with van der Waals surface area (Å²) in [4.78, 5) is 66.6. The highest BCUT2D eigenvalue weighted by Gasteiger charge is 2.46. The highest BCUT2D eigenvalue weighted by atomic mass is 31.3. The molecule has 1 saturated heterocycles. The number of H-pyrrole nitrogens is 1. The number of benzene rings is 1. The lowest BCUT2D eigenvalue weighted by atomic mass is 10.1. The van der Waals surface area contributed by atoms with Crippen LogP contribution in [0.5, 0.6) is 0 Å². The molecule has 53 heavy (non-hydrogen) atoms. The van der Waals surface area contributed by atoms with Gasteiger partial charge in [0.1, 0.15) is 48.5 Å². The number of phosphoric ester groups is 2. The number of aliphatic hydroxyl groups excluding tert-OH is 5. The van der Waals surface area contributed by atoms with Gasteiger partial charge in [0.2, 0.25) is 0 Å². The van der Waals surface area contributed by atoms with Crippen molar-refractivity contribution >= 4 is 43.7 Å². The van der Waals surface area contributed by atoms with Crippen molar-refractivity contribution in [3.8, 4) is 11.5 Å². The molecule has 0 amide bonds. The average Bonchev–Trinajstić information content (AvgIpc) is 3.63. The number of aryl methyl sites for hydroxylation is 2. The standard InChI is InChI=1S/C27H33N9O15P2/c1-10-3-12-13(4-11(10)2)35(24-18(32-12)25(42)34-27(43)33-24)5-14(37)19(39)15(38)6-48-52(44,45)51-53(46,47)49-7-16-20(40)21(41)26(50-16)36-9-31-17-22(28)29-8-30-23(17)36/h3-4,8-9,14-16,19-21,26,37-41H,5-7H2,1-2H3,(H,44,45)(H,46,47)(H2,28,29,30)(H,34,42,43)/t14-,15+,16+,19-,20?,21?,26+/m0/s1. The fourth-order valence-electron chi connectivity index (χ4n) is 5.55. The van der Waals surface area contributed by atoms with E-state index in [9.17, 15) is 54.0 Å². The molecule has 3 aliphatic rings. The van der Waals surface area contributed by atoms with Crippen molar-refractivity contribution in [3.05, 3.63) is 56.8 Å². The lowest BCUT2D eigenvalue weighted by molar-refractivity contribution is -0.0794. The van der Waals surface area contributed by atoms with Crippen molar-refractivity contribution in [1.29, 1.82) is 0 Å². The smallest absolute Gasteiger partial charge is 0.388 e. The number of phosphoric acid groups is 2. The summed E-state index contributed by atoms with van der Waals surface area (Å²) in [6.07, 6.45) is -9.93. The Balaban J connectivity index is 1.07. The summed E-state index contributed by atoms with van der Waals surface area (Å²) in [5, 5.41) is 53.0. The Kier molecular flexibility index (Phi) is 10.6. The third kappa shape index (κ3) is 7.91. The number of nitrogens with two attached hydrogens (primary N) is 1. The monoisotopic (exact) mass is 785 g/mol. The molecule has 0 radical (unpaired) electrons. The van der Waals surface area contributed by atoms with Crippen molar-refractivity contribution in [2.75, 3.05) is 18.9 Å².